The Hall–Kier alpha value is -2.91. The first-order chi connectivity index (χ1) is 16.6. The molecule has 1 unspecified atom stereocenters. The molecule has 0 spiro atoms. The van der Waals surface area contributed by atoms with Crippen LogP contribution in [0, 0.1) is 0 Å². The first-order valence-corrected chi connectivity index (χ1v) is 12.8. The lowest BCUT2D eigenvalue weighted by atomic mass is 9.94. The van der Waals surface area contributed by atoms with E-state index >= 15 is 0 Å². The molecule has 0 saturated carbocycles. The van der Waals surface area contributed by atoms with E-state index in [0.29, 0.717) is 17.9 Å². The van der Waals surface area contributed by atoms with Crippen LogP contribution in [0.5, 0.6) is 11.5 Å². The van der Waals surface area contributed by atoms with Crippen LogP contribution in [-0.4, -0.2) is 32.2 Å². The molecule has 0 aliphatic rings. The largest absolute Gasteiger partial charge is 0.496 e. The highest BCUT2D eigenvalue weighted by Gasteiger charge is 2.24. The molecule has 0 aliphatic carbocycles. The van der Waals surface area contributed by atoms with Gasteiger partial charge in [-0.1, -0.05) is 60.7 Å². The standard InChI is InChI=1S/C27H33NO6S/c1-27(2,18-17-22-11-7-8-12-25(22)32-3)28-19-26(34-35(29,30)31)23-13-15-24(16-14-23)33-20-21-9-5-4-6-10-21/h4-16,26,28H,17-20H2,1-3H3,(H,29,30,31). The summed E-state index contributed by atoms with van der Waals surface area (Å²) in [6, 6.07) is 24.6. The van der Waals surface area contributed by atoms with Gasteiger partial charge in [0.25, 0.3) is 0 Å². The molecule has 7 nitrogen and oxygen atoms in total. The number of benzene rings is 3. The summed E-state index contributed by atoms with van der Waals surface area (Å²) in [6.45, 7) is 4.68. The summed E-state index contributed by atoms with van der Waals surface area (Å²) in [4.78, 5) is 0. The van der Waals surface area contributed by atoms with Crippen LogP contribution in [0.25, 0.3) is 0 Å². The number of hydrogen-bond donors (Lipinski definition) is 2. The normalized spacial score (nSPS) is 12.8. The Morgan fingerprint density at radius 2 is 1.60 bits per heavy atom. The molecule has 0 bridgehead atoms. The van der Waals surface area contributed by atoms with Crippen LogP contribution in [0.4, 0.5) is 0 Å². The van der Waals surface area contributed by atoms with Crippen LogP contribution >= 0.6 is 0 Å². The fourth-order valence-electron chi connectivity index (χ4n) is 3.69. The fraction of sp³-hybridized carbons (Fsp3) is 0.333. The molecule has 188 valence electrons. The number of methoxy groups -OCH3 is 1. The molecule has 2 N–H and O–H groups in total. The van der Waals surface area contributed by atoms with Gasteiger partial charge in [-0.15, -0.1) is 0 Å². The second-order valence-corrected chi connectivity index (χ2v) is 9.98. The third-order valence-electron chi connectivity index (χ3n) is 5.72. The van der Waals surface area contributed by atoms with Crippen LogP contribution in [0.1, 0.15) is 43.1 Å². The van der Waals surface area contributed by atoms with Gasteiger partial charge >= 0.3 is 10.4 Å². The molecular formula is C27H33NO6S. The van der Waals surface area contributed by atoms with Gasteiger partial charge in [0, 0.05) is 12.1 Å². The maximum Gasteiger partial charge on any atom is 0.397 e. The van der Waals surface area contributed by atoms with Crippen LogP contribution < -0.4 is 14.8 Å². The van der Waals surface area contributed by atoms with Gasteiger partial charge in [0.1, 0.15) is 24.2 Å². The van der Waals surface area contributed by atoms with Crippen molar-refractivity contribution in [1.82, 2.24) is 5.32 Å². The molecule has 3 aromatic carbocycles. The van der Waals surface area contributed by atoms with Crippen LogP contribution in [-0.2, 0) is 27.6 Å². The molecule has 3 rings (SSSR count). The molecule has 0 saturated heterocycles. The van der Waals surface area contributed by atoms with Crippen molar-refractivity contribution in [1.29, 1.82) is 0 Å². The smallest absolute Gasteiger partial charge is 0.397 e. The summed E-state index contributed by atoms with van der Waals surface area (Å²) >= 11 is 0. The molecule has 3 aromatic rings. The van der Waals surface area contributed by atoms with Crippen molar-refractivity contribution in [2.45, 2.75) is 44.9 Å². The van der Waals surface area contributed by atoms with Gasteiger partial charge < -0.3 is 14.8 Å². The van der Waals surface area contributed by atoms with E-state index in [1.807, 2.05) is 68.4 Å². The zero-order valence-corrected chi connectivity index (χ0v) is 21.1. The molecule has 0 heterocycles. The molecule has 0 radical (unpaired) electrons. The Morgan fingerprint density at radius 1 is 0.943 bits per heavy atom. The van der Waals surface area contributed by atoms with Crippen molar-refractivity contribution in [2.24, 2.45) is 0 Å². The molecule has 0 fully saturated rings. The van der Waals surface area contributed by atoms with E-state index in [9.17, 15) is 13.0 Å². The minimum Gasteiger partial charge on any atom is -0.496 e. The van der Waals surface area contributed by atoms with Gasteiger partial charge in [-0.05, 0) is 61.6 Å². The molecule has 1 atom stereocenters. The van der Waals surface area contributed by atoms with Crippen LogP contribution in [0.3, 0.4) is 0 Å². The average Bonchev–Trinajstić information content (AvgIpc) is 2.84. The van der Waals surface area contributed by atoms with E-state index in [1.165, 1.54) is 0 Å². The summed E-state index contributed by atoms with van der Waals surface area (Å²) in [5, 5.41) is 3.38. The second-order valence-electron chi connectivity index (χ2n) is 8.93. The Labute approximate surface area is 208 Å². The van der Waals surface area contributed by atoms with Gasteiger partial charge in [-0.25, -0.2) is 4.18 Å². The van der Waals surface area contributed by atoms with Crippen molar-refractivity contribution in [2.75, 3.05) is 13.7 Å². The minimum atomic E-state index is -4.65. The third-order valence-corrected chi connectivity index (χ3v) is 6.19. The van der Waals surface area contributed by atoms with E-state index in [0.717, 1.165) is 29.7 Å². The van der Waals surface area contributed by atoms with E-state index in [1.54, 1.807) is 31.4 Å². The topological polar surface area (TPSA) is 94.1 Å². The molecule has 0 amide bonds. The number of ether oxygens (including phenoxy) is 2. The Kier molecular flexibility index (Phi) is 9.28. The Bertz CT molecular complexity index is 1160. The van der Waals surface area contributed by atoms with Crippen LogP contribution in [0.2, 0.25) is 0 Å². The highest BCUT2D eigenvalue weighted by molar-refractivity contribution is 7.80. The average molecular weight is 500 g/mol. The van der Waals surface area contributed by atoms with Gasteiger partial charge in [-0.2, -0.15) is 8.42 Å². The number of para-hydroxylation sites is 1. The molecular weight excluding hydrogens is 466 g/mol. The third kappa shape index (κ3) is 8.99. The quantitative estimate of drug-likeness (QED) is 0.315. The van der Waals surface area contributed by atoms with Crippen molar-refractivity contribution < 1.29 is 26.6 Å². The zero-order valence-electron chi connectivity index (χ0n) is 20.3. The summed E-state index contributed by atoms with van der Waals surface area (Å²) in [7, 11) is -3.00. The number of hydrogen-bond acceptors (Lipinski definition) is 6. The maximum atomic E-state index is 11.5. The number of aryl methyl sites for hydroxylation is 1. The molecule has 8 heteroatoms. The number of rotatable bonds is 13. The lowest BCUT2D eigenvalue weighted by molar-refractivity contribution is 0.167. The van der Waals surface area contributed by atoms with E-state index in [4.69, 9.17) is 13.7 Å². The first-order valence-electron chi connectivity index (χ1n) is 11.4. The van der Waals surface area contributed by atoms with E-state index < -0.39 is 16.5 Å². The second kappa shape index (κ2) is 12.2. The predicted molar refractivity (Wildman–Crippen MR) is 136 cm³/mol. The predicted octanol–water partition coefficient (Wildman–Crippen LogP) is 5.14. The molecule has 35 heavy (non-hydrogen) atoms. The minimum absolute atomic E-state index is 0.183. The zero-order chi connectivity index (χ0) is 25.3. The van der Waals surface area contributed by atoms with Crippen molar-refractivity contribution in [3.63, 3.8) is 0 Å². The lowest BCUT2D eigenvalue weighted by Crippen LogP contribution is -2.42. The maximum absolute atomic E-state index is 11.5. The number of nitrogens with one attached hydrogen (secondary N) is 1. The van der Waals surface area contributed by atoms with Crippen molar-refractivity contribution >= 4 is 10.4 Å². The summed E-state index contributed by atoms with van der Waals surface area (Å²) in [5.41, 5.74) is 2.41. The highest BCUT2D eigenvalue weighted by Crippen LogP contribution is 2.25. The van der Waals surface area contributed by atoms with Gasteiger partial charge in [0.2, 0.25) is 0 Å². The van der Waals surface area contributed by atoms with Crippen LogP contribution in [0.15, 0.2) is 78.9 Å². The lowest BCUT2D eigenvalue weighted by Gasteiger charge is -2.29. The fourth-order valence-corrected chi connectivity index (χ4v) is 4.16. The first kappa shape index (κ1) is 26.7. The van der Waals surface area contributed by atoms with E-state index in [-0.39, 0.29) is 12.1 Å². The highest BCUT2D eigenvalue weighted by atomic mass is 32.3. The SMILES string of the molecule is COc1ccccc1CCC(C)(C)NCC(OS(=O)(=O)O)c1ccc(OCc2ccccc2)cc1. The van der Waals surface area contributed by atoms with Gasteiger partial charge in [-0.3, -0.25) is 4.55 Å². The summed E-state index contributed by atoms with van der Waals surface area (Å²) in [5.74, 6) is 1.48. The summed E-state index contributed by atoms with van der Waals surface area (Å²) < 4.78 is 48.6. The van der Waals surface area contributed by atoms with Crippen molar-refractivity contribution in [3.05, 3.63) is 95.6 Å². The monoisotopic (exact) mass is 499 g/mol. The van der Waals surface area contributed by atoms with Crippen molar-refractivity contribution in [3.8, 4) is 11.5 Å². The molecule has 0 aromatic heterocycles. The van der Waals surface area contributed by atoms with E-state index in [2.05, 4.69) is 5.32 Å². The van der Waals surface area contributed by atoms with Gasteiger partial charge in [0.15, 0.2) is 0 Å². The summed E-state index contributed by atoms with van der Waals surface area (Å²) in [6.07, 6.45) is 0.651. The Morgan fingerprint density at radius 3 is 2.26 bits per heavy atom. The molecule has 0 aliphatic heterocycles. The Balaban J connectivity index is 1.62. The van der Waals surface area contributed by atoms with Gasteiger partial charge in [0.05, 0.1) is 7.11 Å².